The number of nitrogens with one attached hydrogen (secondary N) is 1. The van der Waals surface area contributed by atoms with Gasteiger partial charge in [0.1, 0.15) is 5.82 Å². The van der Waals surface area contributed by atoms with E-state index in [1.54, 1.807) is 18.2 Å². The molecule has 0 aliphatic carbocycles. The Balaban J connectivity index is 1.49. The molecule has 1 aromatic heterocycles. The van der Waals surface area contributed by atoms with Gasteiger partial charge < -0.3 is 15.0 Å². The standard InChI is InChI=1S/C17H18FN3O4S/c18-17(16(24)25)6-7-21(10-17)14(22)5-8-26-9-13-19-12-4-2-1-3-11(12)15(23)20-13/h1-4H,5-10H2,(H,24,25)(H,19,20,23). The third-order valence-electron chi connectivity index (χ3n) is 4.32. The van der Waals surface area contributed by atoms with Crippen molar-refractivity contribution in [2.75, 3.05) is 18.8 Å². The van der Waals surface area contributed by atoms with E-state index in [1.807, 2.05) is 6.07 Å². The van der Waals surface area contributed by atoms with Gasteiger partial charge in [-0.25, -0.2) is 14.2 Å². The lowest BCUT2D eigenvalue weighted by molar-refractivity contribution is -0.150. The maximum atomic E-state index is 14.0. The summed E-state index contributed by atoms with van der Waals surface area (Å²) in [5.41, 5.74) is -1.92. The number of nitrogens with zero attached hydrogens (tertiary/aromatic N) is 2. The fraction of sp³-hybridized carbons (Fsp3) is 0.412. The Morgan fingerprint density at radius 1 is 1.38 bits per heavy atom. The Morgan fingerprint density at radius 3 is 2.88 bits per heavy atom. The van der Waals surface area contributed by atoms with Gasteiger partial charge in [-0.1, -0.05) is 12.1 Å². The Hall–Kier alpha value is -2.42. The SMILES string of the molecule is O=C(CCSCc1nc2ccccc2c(=O)[nH]1)N1CCC(F)(C(=O)O)C1. The Kier molecular flexibility index (Phi) is 5.26. The molecule has 3 rings (SSSR count). The number of hydrogen-bond acceptors (Lipinski definition) is 5. The molecule has 2 N–H and O–H groups in total. The fourth-order valence-electron chi connectivity index (χ4n) is 2.85. The van der Waals surface area contributed by atoms with E-state index >= 15 is 0 Å². The molecule has 1 aliphatic heterocycles. The summed E-state index contributed by atoms with van der Waals surface area (Å²) < 4.78 is 14.0. The Bertz CT molecular complexity index is 903. The van der Waals surface area contributed by atoms with Crippen LogP contribution in [0.4, 0.5) is 4.39 Å². The quantitative estimate of drug-likeness (QED) is 0.739. The lowest BCUT2D eigenvalue weighted by Crippen LogP contribution is -2.39. The average Bonchev–Trinajstić information content (AvgIpc) is 3.03. The monoisotopic (exact) mass is 379 g/mol. The van der Waals surface area contributed by atoms with Crippen molar-refractivity contribution in [2.24, 2.45) is 0 Å². The van der Waals surface area contributed by atoms with Crippen LogP contribution in [0, 0.1) is 0 Å². The summed E-state index contributed by atoms with van der Waals surface area (Å²) in [6.45, 7) is -0.281. The zero-order valence-corrected chi connectivity index (χ0v) is 14.7. The molecule has 1 atom stereocenters. The molecule has 138 valence electrons. The maximum absolute atomic E-state index is 14.0. The van der Waals surface area contributed by atoms with Crippen molar-refractivity contribution < 1.29 is 19.1 Å². The van der Waals surface area contributed by atoms with Gasteiger partial charge in [-0.05, 0) is 12.1 Å². The minimum atomic E-state index is -2.34. The molecule has 0 radical (unpaired) electrons. The number of thioether (sulfide) groups is 1. The number of hydrogen-bond donors (Lipinski definition) is 2. The summed E-state index contributed by atoms with van der Waals surface area (Å²) in [4.78, 5) is 43.3. The molecule has 1 aliphatic rings. The van der Waals surface area contributed by atoms with Gasteiger partial charge in [0.2, 0.25) is 11.6 Å². The van der Waals surface area contributed by atoms with Gasteiger partial charge in [0.05, 0.1) is 23.2 Å². The molecule has 9 heteroatoms. The highest BCUT2D eigenvalue weighted by molar-refractivity contribution is 7.98. The highest BCUT2D eigenvalue weighted by Crippen LogP contribution is 2.26. The molecule has 0 spiro atoms. The molecule has 26 heavy (non-hydrogen) atoms. The van der Waals surface area contributed by atoms with E-state index in [0.29, 0.717) is 28.2 Å². The van der Waals surface area contributed by atoms with E-state index < -0.39 is 18.2 Å². The number of benzene rings is 1. The van der Waals surface area contributed by atoms with Gasteiger partial charge >= 0.3 is 5.97 Å². The van der Waals surface area contributed by atoms with Crippen LogP contribution in [0.25, 0.3) is 10.9 Å². The predicted molar refractivity (Wildman–Crippen MR) is 95.8 cm³/mol. The second-order valence-corrected chi connectivity index (χ2v) is 7.27. The molecule has 0 saturated carbocycles. The lowest BCUT2D eigenvalue weighted by atomic mass is 10.1. The number of alkyl halides is 1. The smallest absolute Gasteiger partial charge is 0.343 e. The summed E-state index contributed by atoms with van der Waals surface area (Å²) >= 11 is 1.43. The number of para-hydroxylation sites is 1. The second-order valence-electron chi connectivity index (χ2n) is 6.17. The number of carboxylic acids is 1. The van der Waals surface area contributed by atoms with Crippen molar-refractivity contribution in [1.29, 1.82) is 0 Å². The number of rotatable bonds is 6. The highest BCUT2D eigenvalue weighted by Gasteiger charge is 2.46. The van der Waals surface area contributed by atoms with Crippen LogP contribution in [0.1, 0.15) is 18.7 Å². The first-order valence-corrected chi connectivity index (χ1v) is 9.30. The number of aromatic amines is 1. The number of carbonyl (C=O) groups is 2. The summed E-state index contributed by atoms with van der Waals surface area (Å²) in [6, 6.07) is 7.05. The lowest BCUT2D eigenvalue weighted by Gasteiger charge is -2.17. The number of carboxylic acid groups (broad SMARTS) is 1. The first-order chi connectivity index (χ1) is 12.4. The summed E-state index contributed by atoms with van der Waals surface area (Å²) in [5, 5.41) is 9.38. The van der Waals surface area contributed by atoms with Gasteiger partial charge in [0.25, 0.3) is 5.56 Å². The van der Waals surface area contributed by atoms with Crippen molar-refractivity contribution in [2.45, 2.75) is 24.3 Å². The molecule has 2 heterocycles. The van der Waals surface area contributed by atoms with E-state index in [-0.39, 0.29) is 30.9 Å². The van der Waals surface area contributed by atoms with Crippen LogP contribution in [0.2, 0.25) is 0 Å². The van der Waals surface area contributed by atoms with Gasteiger partial charge in [-0.3, -0.25) is 9.59 Å². The minimum Gasteiger partial charge on any atom is -0.479 e. The zero-order chi connectivity index (χ0) is 18.7. The van der Waals surface area contributed by atoms with E-state index in [2.05, 4.69) is 9.97 Å². The number of fused-ring (bicyclic) bond motifs is 1. The largest absolute Gasteiger partial charge is 0.479 e. The topological polar surface area (TPSA) is 103 Å². The Labute approximate surface area is 152 Å². The van der Waals surface area contributed by atoms with Crippen molar-refractivity contribution >= 4 is 34.5 Å². The molecule has 1 saturated heterocycles. The third kappa shape index (κ3) is 3.87. The average molecular weight is 379 g/mol. The van der Waals surface area contributed by atoms with Crippen molar-refractivity contribution in [3.05, 3.63) is 40.4 Å². The molecular formula is C17H18FN3O4S. The fourth-order valence-corrected chi connectivity index (χ4v) is 3.64. The molecule has 1 unspecified atom stereocenters. The normalized spacial score (nSPS) is 19.8. The number of halogens is 1. The molecule has 2 aromatic rings. The molecule has 0 bridgehead atoms. The first kappa shape index (κ1) is 18.4. The maximum Gasteiger partial charge on any atom is 0.343 e. The van der Waals surface area contributed by atoms with E-state index in [0.717, 1.165) is 0 Å². The van der Waals surface area contributed by atoms with E-state index in [1.165, 1.54) is 16.7 Å². The van der Waals surface area contributed by atoms with Crippen LogP contribution in [0.5, 0.6) is 0 Å². The van der Waals surface area contributed by atoms with Crippen LogP contribution in [-0.2, 0) is 15.3 Å². The summed E-state index contributed by atoms with van der Waals surface area (Å²) in [5.74, 6) is -0.346. The minimum absolute atomic E-state index is 0.117. The van der Waals surface area contributed by atoms with E-state index in [4.69, 9.17) is 5.11 Å². The van der Waals surface area contributed by atoms with Gasteiger partial charge in [0, 0.05) is 25.1 Å². The third-order valence-corrected chi connectivity index (χ3v) is 5.29. The number of aromatic nitrogens is 2. The Morgan fingerprint density at radius 2 is 2.15 bits per heavy atom. The number of aliphatic carboxylic acids is 1. The van der Waals surface area contributed by atoms with E-state index in [9.17, 15) is 18.8 Å². The summed E-state index contributed by atoms with van der Waals surface area (Å²) in [7, 11) is 0. The first-order valence-electron chi connectivity index (χ1n) is 8.15. The predicted octanol–water partition coefficient (Wildman–Crippen LogP) is 1.57. The van der Waals surface area contributed by atoms with Crippen LogP contribution >= 0.6 is 11.8 Å². The zero-order valence-electron chi connectivity index (χ0n) is 13.9. The van der Waals surface area contributed by atoms with Gasteiger partial charge in [-0.15, -0.1) is 0 Å². The number of likely N-dealkylation sites (tertiary alicyclic amines) is 1. The highest BCUT2D eigenvalue weighted by atomic mass is 32.2. The number of H-pyrrole nitrogens is 1. The summed E-state index contributed by atoms with van der Waals surface area (Å²) in [6.07, 6.45) is 0.00163. The molecule has 1 amide bonds. The van der Waals surface area contributed by atoms with Crippen LogP contribution in [0.3, 0.4) is 0 Å². The molecular weight excluding hydrogens is 361 g/mol. The molecule has 1 aromatic carbocycles. The van der Waals surface area contributed by atoms with Crippen molar-refractivity contribution in [3.63, 3.8) is 0 Å². The van der Waals surface area contributed by atoms with Crippen LogP contribution < -0.4 is 5.56 Å². The van der Waals surface area contributed by atoms with Crippen molar-refractivity contribution in [1.82, 2.24) is 14.9 Å². The molecule has 7 nitrogen and oxygen atoms in total. The van der Waals surface area contributed by atoms with Gasteiger partial charge in [0.15, 0.2) is 0 Å². The van der Waals surface area contributed by atoms with Gasteiger partial charge in [-0.2, -0.15) is 11.8 Å². The second kappa shape index (κ2) is 7.45. The van der Waals surface area contributed by atoms with Crippen LogP contribution in [-0.4, -0.2) is 56.4 Å². The number of carbonyl (C=O) groups excluding carboxylic acids is 1. The van der Waals surface area contributed by atoms with Crippen LogP contribution in [0.15, 0.2) is 29.1 Å². The number of amides is 1. The molecule has 1 fully saturated rings. The van der Waals surface area contributed by atoms with Crippen molar-refractivity contribution in [3.8, 4) is 0 Å².